The Morgan fingerprint density at radius 1 is 1.07 bits per heavy atom. The molecule has 0 spiro atoms. The van der Waals surface area contributed by atoms with Crippen LogP contribution in [0, 0.1) is 5.92 Å². The Hall–Kier alpha value is -0.660. The molecule has 0 radical (unpaired) electrons. The molecule has 0 unspecified atom stereocenters. The van der Waals surface area contributed by atoms with Crippen LogP contribution in [0.3, 0.4) is 0 Å². The summed E-state index contributed by atoms with van der Waals surface area (Å²) < 4.78 is 0. The smallest absolute Gasteiger partial charge is 0.133 e. The van der Waals surface area contributed by atoms with Gasteiger partial charge in [0.15, 0.2) is 0 Å². The fraction of sp³-hybridized carbons (Fsp3) is 0.846. The molecule has 86 valence electrons. The predicted octanol–water partition coefficient (Wildman–Crippen LogP) is 3.29. The third-order valence-corrected chi connectivity index (χ3v) is 3.23. The third kappa shape index (κ3) is 5.71. The summed E-state index contributed by atoms with van der Waals surface area (Å²) >= 11 is 0. The van der Waals surface area contributed by atoms with Gasteiger partial charge in [0.2, 0.25) is 0 Å². The van der Waals surface area contributed by atoms with E-state index in [1.165, 1.54) is 32.1 Å². The van der Waals surface area contributed by atoms with Crippen molar-refractivity contribution >= 4 is 11.6 Å². The average Bonchev–Trinajstić information content (AvgIpc) is 2.18. The number of ketones is 2. The lowest BCUT2D eigenvalue weighted by molar-refractivity contribution is -0.120. The number of hydrogen-bond acceptors (Lipinski definition) is 2. The Morgan fingerprint density at radius 2 is 1.73 bits per heavy atom. The molecule has 1 aliphatic carbocycles. The molecule has 15 heavy (non-hydrogen) atoms. The van der Waals surface area contributed by atoms with E-state index in [4.69, 9.17) is 0 Å². The molecule has 0 aromatic heterocycles. The van der Waals surface area contributed by atoms with E-state index >= 15 is 0 Å². The van der Waals surface area contributed by atoms with Crippen molar-refractivity contribution in [3.63, 3.8) is 0 Å². The van der Waals surface area contributed by atoms with Gasteiger partial charge in [-0.15, -0.1) is 0 Å². The van der Waals surface area contributed by atoms with E-state index in [2.05, 4.69) is 0 Å². The number of rotatable bonds is 6. The van der Waals surface area contributed by atoms with Gasteiger partial charge >= 0.3 is 0 Å². The molecule has 0 N–H and O–H groups in total. The molecule has 2 heteroatoms. The van der Waals surface area contributed by atoms with E-state index in [-0.39, 0.29) is 5.78 Å². The zero-order valence-electron chi connectivity index (χ0n) is 9.76. The molecule has 0 saturated heterocycles. The van der Waals surface area contributed by atoms with Crippen molar-refractivity contribution in [1.29, 1.82) is 0 Å². The SMILES string of the molecule is CC(=O)CCCC(=O)CC1CCCCC1. The van der Waals surface area contributed by atoms with Gasteiger partial charge in [-0.2, -0.15) is 0 Å². The minimum atomic E-state index is 0.195. The highest BCUT2D eigenvalue weighted by Crippen LogP contribution is 2.26. The molecule has 0 aliphatic heterocycles. The molecule has 0 aromatic carbocycles. The Balaban J connectivity index is 2.09. The van der Waals surface area contributed by atoms with E-state index in [1.54, 1.807) is 6.92 Å². The Labute approximate surface area is 92.4 Å². The first-order valence-corrected chi connectivity index (χ1v) is 6.19. The summed E-state index contributed by atoms with van der Waals surface area (Å²) in [6.07, 6.45) is 9.09. The topological polar surface area (TPSA) is 34.1 Å². The summed E-state index contributed by atoms with van der Waals surface area (Å²) in [4.78, 5) is 22.3. The predicted molar refractivity (Wildman–Crippen MR) is 60.7 cm³/mol. The molecule has 1 rings (SSSR count). The minimum Gasteiger partial charge on any atom is -0.300 e. The molecule has 0 bridgehead atoms. The highest BCUT2D eigenvalue weighted by molar-refractivity contribution is 5.80. The van der Waals surface area contributed by atoms with E-state index in [0.29, 0.717) is 24.5 Å². The highest BCUT2D eigenvalue weighted by atomic mass is 16.1. The van der Waals surface area contributed by atoms with Gasteiger partial charge in [-0.05, 0) is 19.3 Å². The van der Waals surface area contributed by atoms with Gasteiger partial charge < -0.3 is 4.79 Å². The maximum atomic E-state index is 11.6. The summed E-state index contributed by atoms with van der Waals surface area (Å²) in [5.74, 6) is 1.20. The van der Waals surface area contributed by atoms with E-state index < -0.39 is 0 Å². The van der Waals surface area contributed by atoms with Crippen LogP contribution in [0.2, 0.25) is 0 Å². The van der Waals surface area contributed by atoms with E-state index in [0.717, 1.165) is 12.8 Å². The van der Waals surface area contributed by atoms with E-state index in [1.807, 2.05) is 0 Å². The van der Waals surface area contributed by atoms with Crippen LogP contribution in [0.4, 0.5) is 0 Å². The molecule has 1 aliphatic rings. The summed E-state index contributed by atoms with van der Waals surface area (Å²) in [5.41, 5.74) is 0. The largest absolute Gasteiger partial charge is 0.300 e. The van der Waals surface area contributed by atoms with Crippen LogP contribution in [0.5, 0.6) is 0 Å². The van der Waals surface area contributed by atoms with Gasteiger partial charge in [0.25, 0.3) is 0 Å². The monoisotopic (exact) mass is 210 g/mol. The van der Waals surface area contributed by atoms with Crippen molar-refractivity contribution in [3.8, 4) is 0 Å². The molecule has 2 nitrogen and oxygen atoms in total. The van der Waals surface area contributed by atoms with Gasteiger partial charge in [-0.3, -0.25) is 4.79 Å². The minimum absolute atomic E-state index is 0.195. The van der Waals surface area contributed by atoms with Gasteiger partial charge in [0.1, 0.15) is 11.6 Å². The molecular weight excluding hydrogens is 188 g/mol. The molecule has 0 amide bonds. The number of carbonyl (C=O) groups excluding carboxylic acids is 2. The van der Waals surface area contributed by atoms with Crippen molar-refractivity contribution in [2.24, 2.45) is 5.92 Å². The first-order valence-electron chi connectivity index (χ1n) is 6.19. The second-order valence-electron chi connectivity index (χ2n) is 4.80. The van der Waals surface area contributed by atoms with Crippen LogP contribution in [0.25, 0.3) is 0 Å². The summed E-state index contributed by atoms with van der Waals surface area (Å²) in [7, 11) is 0. The van der Waals surface area contributed by atoms with Crippen LogP contribution in [0.15, 0.2) is 0 Å². The quantitative estimate of drug-likeness (QED) is 0.674. The average molecular weight is 210 g/mol. The zero-order chi connectivity index (χ0) is 11.1. The van der Waals surface area contributed by atoms with Gasteiger partial charge in [-0.1, -0.05) is 32.1 Å². The Bertz CT molecular complexity index is 215. The number of Topliss-reactive ketones (excluding diaryl/α,β-unsaturated/α-hetero) is 2. The van der Waals surface area contributed by atoms with E-state index in [9.17, 15) is 9.59 Å². The molecule has 0 atom stereocenters. The summed E-state index contributed by atoms with van der Waals surface area (Å²) in [6, 6.07) is 0. The van der Waals surface area contributed by atoms with Crippen LogP contribution in [-0.2, 0) is 9.59 Å². The summed E-state index contributed by atoms with van der Waals surface area (Å²) in [6.45, 7) is 1.59. The highest BCUT2D eigenvalue weighted by Gasteiger charge is 2.16. The van der Waals surface area contributed by atoms with Gasteiger partial charge in [-0.25, -0.2) is 0 Å². The number of hydrogen-bond donors (Lipinski definition) is 0. The molecule has 0 heterocycles. The van der Waals surface area contributed by atoms with Crippen molar-refractivity contribution in [3.05, 3.63) is 0 Å². The lowest BCUT2D eigenvalue weighted by Gasteiger charge is -2.20. The fourth-order valence-corrected chi connectivity index (χ4v) is 2.35. The molecule has 1 fully saturated rings. The standard InChI is InChI=1S/C13H22O2/c1-11(14)6-5-9-13(15)10-12-7-3-2-4-8-12/h12H,2-10H2,1H3. The van der Waals surface area contributed by atoms with Crippen LogP contribution in [0.1, 0.15) is 64.7 Å². The summed E-state index contributed by atoms with van der Waals surface area (Å²) in [5, 5.41) is 0. The van der Waals surface area contributed by atoms with Crippen molar-refractivity contribution in [1.82, 2.24) is 0 Å². The second kappa shape index (κ2) is 6.76. The van der Waals surface area contributed by atoms with Gasteiger partial charge in [0.05, 0.1) is 0 Å². The Kier molecular flexibility index (Phi) is 5.59. The fourth-order valence-electron chi connectivity index (χ4n) is 2.35. The normalized spacial score (nSPS) is 17.7. The second-order valence-corrected chi connectivity index (χ2v) is 4.80. The zero-order valence-corrected chi connectivity index (χ0v) is 9.76. The van der Waals surface area contributed by atoms with Crippen molar-refractivity contribution in [2.75, 3.05) is 0 Å². The molecular formula is C13H22O2. The van der Waals surface area contributed by atoms with Crippen LogP contribution in [-0.4, -0.2) is 11.6 Å². The maximum absolute atomic E-state index is 11.6. The van der Waals surface area contributed by atoms with Crippen molar-refractivity contribution in [2.45, 2.75) is 64.7 Å². The number of carbonyl (C=O) groups is 2. The van der Waals surface area contributed by atoms with Crippen LogP contribution < -0.4 is 0 Å². The lowest BCUT2D eigenvalue weighted by Crippen LogP contribution is -2.12. The Morgan fingerprint density at radius 3 is 2.33 bits per heavy atom. The van der Waals surface area contributed by atoms with Crippen molar-refractivity contribution < 1.29 is 9.59 Å². The third-order valence-electron chi connectivity index (χ3n) is 3.23. The molecule has 0 aromatic rings. The molecule has 1 saturated carbocycles. The van der Waals surface area contributed by atoms with Crippen LogP contribution >= 0.6 is 0 Å². The first-order chi connectivity index (χ1) is 7.18. The first kappa shape index (κ1) is 12.4. The van der Waals surface area contributed by atoms with Gasteiger partial charge in [0, 0.05) is 19.3 Å². The lowest BCUT2D eigenvalue weighted by atomic mass is 9.85. The maximum Gasteiger partial charge on any atom is 0.133 e.